The Balaban J connectivity index is 1.56. The molecule has 0 bridgehead atoms. The number of rotatable bonds is 6. The molecule has 28 heavy (non-hydrogen) atoms. The lowest BCUT2D eigenvalue weighted by Crippen LogP contribution is -2.20. The maximum atomic E-state index is 12.1. The minimum absolute atomic E-state index is 0.200. The molecule has 1 aromatic heterocycles. The van der Waals surface area contributed by atoms with E-state index in [1.807, 2.05) is 19.9 Å². The molecular weight excluding hydrogens is 401 g/mol. The van der Waals surface area contributed by atoms with Crippen molar-refractivity contribution in [2.75, 3.05) is 11.9 Å². The molecule has 6 nitrogen and oxygen atoms in total. The lowest BCUT2D eigenvalue weighted by molar-refractivity contribution is -0.118. The zero-order valence-corrected chi connectivity index (χ0v) is 16.7. The second-order valence-electron chi connectivity index (χ2n) is 5.97. The number of carbonyl (C=O) groups is 1. The molecule has 0 aliphatic heterocycles. The topological polar surface area (TPSA) is 73.3 Å². The summed E-state index contributed by atoms with van der Waals surface area (Å²) in [7, 11) is 0. The molecule has 0 aliphatic carbocycles. The van der Waals surface area contributed by atoms with Crippen molar-refractivity contribution in [3.05, 3.63) is 70.0 Å². The molecule has 0 atom stereocenters. The second-order valence-corrected chi connectivity index (χ2v) is 6.81. The van der Waals surface area contributed by atoms with Crippen LogP contribution in [0.3, 0.4) is 0 Å². The SMILES string of the molecule is Cc1cc(C)nc(Oc2ccc(NC(=O)COc3cc(Cl)ccc3Cl)cc2)n1. The average Bonchev–Trinajstić information content (AvgIpc) is 2.63. The first-order valence-electron chi connectivity index (χ1n) is 8.37. The average molecular weight is 418 g/mol. The van der Waals surface area contributed by atoms with Crippen LogP contribution in [0.2, 0.25) is 10.0 Å². The number of halogens is 2. The van der Waals surface area contributed by atoms with Crippen LogP contribution < -0.4 is 14.8 Å². The van der Waals surface area contributed by atoms with Gasteiger partial charge in [0.15, 0.2) is 6.61 Å². The van der Waals surface area contributed by atoms with Gasteiger partial charge in [0.2, 0.25) is 0 Å². The second kappa shape index (κ2) is 8.91. The van der Waals surface area contributed by atoms with Gasteiger partial charge in [0.1, 0.15) is 11.5 Å². The summed E-state index contributed by atoms with van der Waals surface area (Å²) in [4.78, 5) is 20.5. The lowest BCUT2D eigenvalue weighted by atomic mass is 10.3. The molecular formula is C20H17Cl2N3O3. The molecule has 144 valence electrons. The molecule has 3 aromatic rings. The smallest absolute Gasteiger partial charge is 0.322 e. The molecule has 1 N–H and O–H groups in total. The number of benzene rings is 2. The highest BCUT2D eigenvalue weighted by molar-refractivity contribution is 6.34. The van der Waals surface area contributed by atoms with Gasteiger partial charge in [-0.25, -0.2) is 9.97 Å². The Kier molecular flexibility index (Phi) is 6.34. The Bertz CT molecular complexity index is 974. The zero-order chi connectivity index (χ0) is 20.1. The van der Waals surface area contributed by atoms with Crippen LogP contribution in [0.25, 0.3) is 0 Å². The highest BCUT2D eigenvalue weighted by atomic mass is 35.5. The highest BCUT2D eigenvalue weighted by Crippen LogP contribution is 2.27. The van der Waals surface area contributed by atoms with Gasteiger partial charge in [-0.3, -0.25) is 4.79 Å². The Labute approximate surface area is 172 Å². The van der Waals surface area contributed by atoms with E-state index in [-0.39, 0.29) is 18.5 Å². The molecule has 1 heterocycles. The third kappa shape index (κ3) is 5.58. The standard InChI is InChI=1S/C20H17Cl2N3O3/c1-12-9-13(2)24-20(23-12)28-16-6-4-15(5-7-16)25-19(26)11-27-18-10-14(21)3-8-17(18)22/h3-10H,11H2,1-2H3,(H,25,26). The van der Waals surface area contributed by atoms with E-state index >= 15 is 0 Å². The van der Waals surface area contributed by atoms with Crippen LogP contribution >= 0.6 is 23.2 Å². The molecule has 0 saturated heterocycles. The maximum absolute atomic E-state index is 12.1. The zero-order valence-electron chi connectivity index (χ0n) is 15.2. The predicted molar refractivity (Wildman–Crippen MR) is 109 cm³/mol. The molecule has 2 aromatic carbocycles. The molecule has 0 unspecified atom stereocenters. The van der Waals surface area contributed by atoms with Crippen LogP contribution in [0.5, 0.6) is 17.5 Å². The highest BCUT2D eigenvalue weighted by Gasteiger charge is 2.08. The van der Waals surface area contributed by atoms with Crippen molar-refractivity contribution in [1.29, 1.82) is 0 Å². The Morgan fingerprint density at radius 1 is 1.00 bits per heavy atom. The fourth-order valence-electron chi connectivity index (χ4n) is 2.38. The summed E-state index contributed by atoms with van der Waals surface area (Å²) in [5, 5.41) is 3.59. The summed E-state index contributed by atoms with van der Waals surface area (Å²) in [6.07, 6.45) is 0. The number of aromatic nitrogens is 2. The van der Waals surface area contributed by atoms with Gasteiger partial charge < -0.3 is 14.8 Å². The minimum atomic E-state index is -0.331. The van der Waals surface area contributed by atoms with Crippen molar-refractivity contribution in [2.24, 2.45) is 0 Å². The first-order chi connectivity index (χ1) is 13.4. The fourth-order valence-corrected chi connectivity index (χ4v) is 2.71. The normalized spacial score (nSPS) is 10.4. The van der Waals surface area contributed by atoms with Gasteiger partial charge in [-0.2, -0.15) is 0 Å². The van der Waals surface area contributed by atoms with E-state index < -0.39 is 0 Å². The van der Waals surface area contributed by atoms with Crippen molar-refractivity contribution in [2.45, 2.75) is 13.8 Å². The summed E-state index contributed by atoms with van der Waals surface area (Å²) in [6, 6.07) is 13.8. The van der Waals surface area contributed by atoms with Gasteiger partial charge in [0, 0.05) is 28.2 Å². The van der Waals surface area contributed by atoms with Crippen molar-refractivity contribution in [1.82, 2.24) is 9.97 Å². The quantitative estimate of drug-likeness (QED) is 0.595. The fraction of sp³-hybridized carbons (Fsp3) is 0.150. The van der Waals surface area contributed by atoms with Crippen molar-refractivity contribution in [3.8, 4) is 17.5 Å². The van der Waals surface area contributed by atoms with E-state index in [1.54, 1.807) is 42.5 Å². The monoisotopic (exact) mass is 417 g/mol. The first kappa shape index (κ1) is 19.9. The number of anilines is 1. The number of aryl methyl sites for hydroxylation is 2. The number of hydrogen-bond donors (Lipinski definition) is 1. The van der Waals surface area contributed by atoms with E-state index in [9.17, 15) is 4.79 Å². The van der Waals surface area contributed by atoms with Crippen LogP contribution in [0.1, 0.15) is 11.4 Å². The Morgan fingerprint density at radius 2 is 1.68 bits per heavy atom. The molecule has 0 aliphatic rings. The van der Waals surface area contributed by atoms with Crippen molar-refractivity contribution < 1.29 is 14.3 Å². The number of ether oxygens (including phenoxy) is 2. The summed E-state index contributed by atoms with van der Waals surface area (Å²) >= 11 is 11.9. The van der Waals surface area contributed by atoms with Crippen LogP contribution in [0.4, 0.5) is 5.69 Å². The summed E-state index contributed by atoms with van der Waals surface area (Å²) in [5.41, 5.74) is 2.25. The van der Waals surface area contributed by atoms with Gasteiger partial charge in [-0.1, -0.05) is 23.2 Å². The molecule has 0 fully saturated rings. The number of amides is 1. The van der Waals surface area contributed by atoms with Gasteiger partial charge in [-0.05, 0) is 56.3 Å². The van der Waals surface area contributed by atoms with E-state index in [0.29, 0.717) is 27.2 Å². The van der Waals surface area contributed by atoms with Gasteiger partial charge in [0.05, 0.1) is 5.02 Å². The van der Waals surface area contributed by atoms with Gasteiger partial charge in [0.25, 0.3) is 5.91 Å². The Morgan fingerprint density at radius 3 is 2.36 bits per heavy atom. The molecule has 1 amide bonds. The summed E-state index contributed by atoms with van der Waals surface area (Å²) < 4.78 is 11.0. The largest absolute Gasteiger partial charge is 0.482 e. The molecule has 8 heteroatoms. The lowest BCUT2D eigenvalue weighted by Gasteiger charge is -2.10. The van der Waals surface area contributed by atoms with E-state index in [0.717, 1.165) is 11.4 Å². The minimum Gasteiger partial charge on any atom is -0.482 e. The van der Waals surface area contributed by atoms with Crippen molar-refractivity contribution in [3.63, 3.8) is 0 Å². The number of carbonyl (C=O) groups excluding carboxylic acids is 1. The number of hydrogen-bond acceptors (Lipinski definition) is 5. The number of nitrogens with zero attached hydrogens (tertiary/aromatic N) is 2. The van der Waals surface area contributed by atoms with Crippen LogP contribution in [0.15, 0.2) is 48.5 Å². The van der Waals surface area contributed by atoms with Crippen LogP contribution in [-0.4, -0.2) is 22.5 Å². The van der Waals surface area contributed by atoms with E-state index in [2.05, 4.69) is 15.3 Å². The summed E-state index contributed by atoms with van der Waals surface area (Å²) in [6.45, 7) is 3.55. The van der Waals surface area contributed by atoms with Crippen molar-refractivity contribution >= 4 is 34.8 Å². The molecule has 0 radical (unpaired) electrons. The van der Waals surface area contributed by atoms with Gasteiger partial charge in [-0.15, -0.1) is 0 Å². The predicted octanol–water partition coefficient (Wildman–Crippen LogP) is 5.21. The maximum Gasteiger partial charge on any atom is 0.322 e. The number of nitrogens with one attached hydrogen (secondary N) is 1. The van der Waals surface area contributed by atoms with Crippen LogP contribution in [0, 0.1) is 13.8 Å². The van der Waals surface area contributed by atoms with E-state index in [4.69, 9.17) is 32.7 Å². The molecule has 0 saturated carbocycles. The van der Waals surface area contributed by atoms with E-state index in [1.165, 1.54) is 0 Å². The molecule has 3 rings (SSSR count). The van der Waals surface area contributed by atoms with Gasteiger partial charge >= 0.3 is 6.01 Å². The molecule has 0 spiro atoms. The third-order valence-corrected chi connectivity index (χ3v) is 4.11. The third-order valence-electron chi connectivity index (χ3n) is 3.56. The van der Waals surface area contributed by atoms with Crippen LogP contribution in [-0.2, 0) is 4.79 Å². The first-order valence-corrected chi connectivity index (χ1v) is 9.12. The summed E-state index contributed by atoms with van der Waals surface area (Å²) in [5.74, 6) is 0.578. The Hall–Kier alpha value is -2.83.